The van der Waals surface area contributed by atoms with Gasteiger partial charge in [0.2, 0.25) is 0 Å². The van der Waals surface area contributed by atoms with Crippen molar-refractivity contribution in [2.45, 2.75) is 19.3 Å². The Kier molecular flexibility index (Phi) is 9.46. The summed E-state index contributed by atoms with van der Waals surface area (Å²) in [6, 6.07) is 90.4. The second-order valence-corrected chi connectivity index (χ2v) is 19.6. The van der Waals surface area contributed by atoms with E-state index in [1.807, 2.05) is 0 Å². The quantitative estimate of drug-likeness (QED) is 0.152. The number of anilines is 3. The molecule has 72 heavy (non-hydrogen) atoms. The smallest absolute Gasteiger partial charge is 0.0548 e. The minimum absolute atomic E-state index is 0.132. The van der Waals surface area contributed by atoms with E-state index in [1.165, 1.54) is 87.8 Å². The lowest BCUT2D eigenvalue weighted by Gasteiger charge is -2.26. The molecular weight excluding hydrogens is 871 g/mol. The summed E-state index contributed by atoms with van der Waals surface area (Å²) in [6.45, 7) is 4.73. The van der Waals surface area contributed by atoms with E-state index in [-0.39, 0.29) is 5.41 Å². The molecule has 0 atom stereocenters. The van der Waals surface area contributed by atoms with Gasteiger partial charge in [0.15, 0.2) is 0 Å². The second kappa shape index (κ2) is 16.4. The molecule has 0 bridgehead atoms. The molecule has 0 amide bonds. The molecule has 3 heteroatoms. The minimum Gasteiger partial charge on any atom is -0.310 e. The van der Waals surface area contributed by atoms with Crippen LogP contribution < -0.4 is 4.90 Å². The zero-order valence-corrected chi connectivity index (χ0v) is 40.0. The lowest BCUT2D eigenvalue weighted by atomic mass is 9.82. The average molecular weight is 918 g/mol. The summed E-state index contributed by atoms with van der Waals surface area (Å²) in [5, 5.41) is 7.38. The Hall–Kier alpha value is -9.36. The van der Waals surface area contributed by atoms with Crippen LogP contribution in [0.3, 0.4) is 0 Å². The van der Waals surface area contributed by atoms with E-state index >= 15 is 0 Å². The highest BCUT2D eigenvalue weighted by Gasteiger charge is 2.36. The number of hydrogen-bond donors (Lipinski definition) is 0. The van der Waals surface area contributed by atoms with Crippen molar-refractivity contribution >= 4 is 71.4 Å². The van der Waals surface area contributed by atoms with Crippen molar-refractivity contribution in [1.82, 2.24) is 9.13 Å². The molecule has 338 valence electrons. The molecule has 0 aliphatic heterocycles. The first-order valence-corrected chi connectivity index (χ1v) is 24.8. The molecule has 0 saturated heterocycles. The lowest BCUT2D eigenvalue weighted by Crippen LogP contribution is -2.14. The predicted molar refractivity (Wildman–Crippen MR) is 303 cm³/mol. The maximum absolute atomic E-state index is 3.50. The number of rotatable bonds is 6. The number of aromatic nitrogens is 2. The van der Waals surface area contributed by atoms with Crippen molar-refractivity contribution in [1.29, 1.82) is 0 Å². The number of hydrogen-bond acceptors (Lipinski definition) is 1. The van der Waals surface area contributed by atoms with Gasteiger partial charge in [-0.2, -0.15) is 0 Å². The Balaban J connectivity index is 0.850. The van der Waals surface area contributed by atoms with Gasteiger partial charge in [-0.1, -0.05) is 159 Å². The van der Waals surface area contributed by atoms with Crippen molar-refractivity contribution < 1.29 is 0 Å². The van der Waals surface area contributed by atoms with Crippen LogP contribution in [0.25, 0.3) is 88.0 Å². The molecule has 0 N–H and O–H groups in total. The number of nitrogens with zero attached hydrogens (tertiary/aromatic N) is 3. The molecule has 14 rings (SSSR count). The Morgan fingerprint density at radius 2 is 0.847 bits per heavy atom. The zero-order valence-electron chi connectivity index (χ0n) is 40.0. The van der Waals surface area contributed by atoms with E-state index in [1.54, 1.807) is 0 Å². The topological polar surface area (TPSA) is 13.1 Å². The predicted octanol–water partition coefficient (Wildman–Crippen LogP) is 17.9. The maximum Gasteiger partial charge on any atom is 0.0548 e. The molecule has 3 nitrogen and oxygen atoms in total. The van der Waals surface area contributed by atoms with E-state index in [0.717, 1.165) is 39.6 Å². The Labute approximate surface area is 419 Å². The van der Waals surface area contributed by atoms with Crippen molar-refractivity contribution in [3.05, 3.63) is 271 Å². The summed E-state index contributed by atoms with van der Waals surface area (Å²) in [5.74, 6) is 6.99. The summed E-state index contributed by atoms with van der Waals surface area (Å²) in [7, 11) is 0. The second-order valence-electron chi connectivity index (χ2n) is 19.6. The minimum atomic E-state index is -0.132. The van der Waals surface area contributed by atoms with E-state index in [9.17, 15) is 0 Å². The highest BCUT2D eigenvalue weighted by molar-refractivity contribution is 6.20. The Morgan fingerprint density at radius 3 is 1.58 bits per heavy atom. The van der Waals surface area contributed by atoms with Gasteiger partial charge >= 0.3 is 0 Å². The van der Waals surface area contributed by atoms with Crippen molar-refractivity contribution in [3.63, 3.8) is 0 Å². The summed E-state index contributed by atoms with van der Waals surface area (Å²) in [5.41, 5.74) is 19.9. The van der Waals surface area contributed by atoms with E-state index in [0.29, 0.717) is 0 Å². The third kappa shape index (κ3) is 6.68. The van der Waals surface area contributed by atoms with Gasteiger partial charge < -0.3 is 14.0 Å². The first kappa shape index (κ1) is 41.6. The average Bonchev–Trinajstić information content (AvgIpc) is 4.01. The molecule has 11 aromatic carbocycles. The van der Waals surface area contributed by atoms with E-state index in [2.05, 4.69) is 288 Å². The SMILES string of the molecule is CC1(C)c2ccccc2-c2cc3c4cc5c(cc4n(-c4ccc(C#Cc6ccc(N(c7ccc(-c8ccccc8)cc7)c7ccc8ccccc8c7)cc6)cc4)c3cc21)c1ccccc1n5-c1ccccc1. The van der Waals surface area contributed by atoms with Gasteiger partial charge in [0.1, 0.15) is 0 Å². The van der Waals surface area contributed by atoms with Gasteiger partial charge in [-0.15, -0.1) is 0 Å². The van der Waals surface area contributed by atoms with Crippen LogP contribution >= 0.6 is 0 Å². The third-order valence-corrected chi connectivity index (χ3v) is 15.1. The summed E-state index contributed by atoms with van der Waals surface area (Å²) >= 11 is 0. The largest absolute Gasteiger partial charge is 0.310 e. The number of para-hydroxylation sites is 2. The molecule has 13 aromatic rings. The molecule has 0 fully saturated rings. The van der Waals surface area contributed by atoms with Crippen LogP contribution in [-0.4, -0.2) is 9.13 Å². The molecule has 1 aliphatic rings. The third-order valence-electron chi connectivity index (χ3n) is 15.1. The monoisotopic (exact) mass is 917 g/mol. The standard InChI is InChI=1S/C69H47N3/c1-69(2)63-23-13-11-21-57(63)59-42-60-62-44-66-61(58-22-12-14-24-65(58)71(66)52-19-7-4-8-20-52)43-67(62)72(68(60)45-64(59)69)55-36-29-47(30-37-55)26-25-46-27-34-53(35-28-46)70(56-40-33-49-17-9-10-18-51(49)41-56)54-38-31-50(32-39-54)48-15-5-3-6-16-48/h3-24,27-45H,1-2H3. The van der Waals surface area contributed by atoms with Gasteiger partial charge in [0.25, 0.3) is 0 Å². The molecule has 0 spiro atoms. The van der Waals surface area contributed by atoms with Crippen LogP contribution in [0, 0.1) is 11.8 Å². The van der Waals surface area contributed by atoms with Crippen LogP contribution in [0.2, 0.25) is 0 Å². The fourth-order valence-electron chi connectivity index (χ4n) is 11.5. The summed E-state index contributed by atoms with van der Waals surface area (Å²) in [6.07, 6.45) is 0. The maximum atomic E-state index is 3.50. The fourth-order valence-corrected chi connectivity index (χ4v) is 11.5. The number of fused-ring (bicyclic) bond motifs is 10. The molecule has 0 saturated carbocycles. The summed E-state index contributed by atoms with van der Waals surface area (Å²) < 4.78 is 4.90. The molecular formula is C69H47N3. The van der Waals surface area contributed by atoms with Gasteiger partial charge in [-0.05, 0) is 159 Å². The van der Waals surface area contributed by atoms with Crippen LogP contribution in [0.1, 0.15) is 36.1 Å². The number of benzene rings is 11. The molecule has 2 heterocycles. The zero-order chi connectivity index (χ0) is 47.9. The Morgan fingerprint density at radius 1 is 0.333 bits per heavy atom. The van der Waals surface area contributed by atoms with Gasteiger partial charge in [0, 0.05) is 66.5 Å². The molecule has 0 unspecified atom stereocenters. The normalized spacial score (nSPS) is 12.6. The fraction of sp³-hybridized carbons (Fsp3) is 0.0435. The van der Waals surface area contributed by atoms with Crippen molar-refractivity contribution in [3.8, 4) is 45.5 Å². The highest BCUT2D eigenvalue weighted by Crippen LogP contribution is 2.51. The van der Waals surface area contributed by atoms with Gasteiger partial charge in [-0.3, -0.25) is 0 Å². The van der Waals surface area contributed by atoms with Crippen LogP contribution in [0.15, 0.2) is 249 Å². The van der Waals surface area contributed by atoms with Gasteiger partial charge in [-0.25, -0.2) is 0 Å². The van der Waals surface area contributed by atoms with Crippen molar-refractivity contribution in [2.24, 2.45) is 0 Å². The lowest BCUT2D eigenvalue weighted by molar-refractivity contribution is 0.661. The van der Waals surface area contributed by atoms with E-state index < -0.39 is 0 Å². The molecule has 1 aliphatic carbocycles. The summed E-state index contributed by atoms with van der Waals surface area (Å²) in [4.78, 5) is 2.33. The Bertz CT molecular complexity index is 4320. The first-order chi connectivity index (χ1) is 35.4. The van der Waals surface area contributed by atoms with Crippen molar-refractivity contribution in [2.75, 3.05) is 4.90 Å². The van der Waals surface area contributed by atoms with Crippen LogP contribution in [0.5, 0.6) is 0 Å². The van der Waals surface area contributed by atoms with Crippen LogP contribution in [-0.2, 0) is 5.41 Å². The van der Waals surface area contributed by atoms with Crippen LogP contribution in [0.4, 0.5) is 17.1 Å². The van der Waals surface area contributed by atoms with E-state index in [4.69, 9.17) is 0 Å². The molecule has 2 aromatic heterocycles. The molecule has 0 radical (unpaired) electrons. The first-order valence-electron chi connectivity index (χ1n) is 24.8. The van der Waals surface area contributed by atoms with Gasteiger partial charge in [0.05, 0.1) is 22.1 Å². The highest BCUT2D eigenvalue weighted by atomic mass is 15.1.